The van der Waals surface area contributed by atoms with E-state index in [1.54, 1.807) is 17.4 Å². The van der Waals surface area contributed by atoms with Gasteiger partial charge in [0.2, 0.25) is 11.8 Å². The molecule has 36 heavy (non-hydrogen) atoms. The predicted molar refractivity (Wildman–Crippen MR) is 130 cm³/mol. The number of oxazole rings is 2. The average Bonchev–Trinajstić information content (AvgIpc) is 3.79. The topological polar surface area (TPSA) is 72.4 Å². The van der Waals surface area contributed by atoms with Gasteiger partial charge in [-0.1, -0.05) is 18.6 Å². The first-order valence-corrected chi connectivity index (χ1v) is 13.1. The van der Waals surface area contributed by atoms with Gasteiger partial charge in [-0.3, -0.25) is 4.79 Å². The first-order chi connectivity index (χ1) is 17.4. The Morgan fingerprint density at radius 2 is 1.89 bits per heavy atom. The van der Waals surface area contributed by atoms with E-state index in [2.05, 4.69) is 9.97 Å². The summed E-state index contributed by atoms with van der Waals surface area (Å²) in [6.07, 6.45) is 10.7. The molecule has 0 aliphatic heterocycles. The summed E-state index contributed by atoms with van der Waals surface area (Å²) in [5, 5.41) is 0. The summed E-state index contributed by atoms with van der Waals surface area (Å²) < 4.78 is 38.6. The van der Waals surface area contributed by atoms with Crippen LogP contribution in [-0.2, 0) is 11.2 Å². The Balaban J connectivity index is 1.11. The molecule has 2 aromatic heterocycles. The van der Waals surface area contributed by atoms with Gasteiger partial charge in [0.05, 0.1) is 11.9 Å². The van der Waals surface area contributed by atoms with Gasteiger partial charge in [0.15, 0.2) is 17.5 Å². The predicted octanol–water partition coefficient (Wildman–Crippen LogP) is 6.88. The van der Waals surface area contributed by atoms with Gasteiger partial charge in [-0.15, -0.1) is 0 Å². The van der Waals surface area contributed by atoms with Gasteiger partial charge in [0.25, 0.3) is 0 Å². The van der Waals surface area contributed by atoms with E-state index in [4.69, 9.17) is 8.83 Å². The highest BCUT2D eigenvalue weighted by Gasteiger charge is 2.50. The third-order valence-corrected chi connectivity index (χ3v) is 7.44. The molecule has 8 heteroatoms. The van der Waals surface area contributed by atoms with Crippen molar-refractivity contribution in [3.63, 3.8) is 0 Å². The van der Waals surface area contributed by atoms with Crippen molar-refractivity contribution in [2.24, 2.45) is 5.92 Å². The summed E-state index contributed by atoms with van der Waals surface area (Å²) in [6, 6.07) is 7.56. The number of unbranched alkanes of at least 4 members (excludes halogenated alkanes) is 2. The lowest BCUT2D eigenvalue weighted by Crippen LogP contribution is -2.47. The molecule has 0 saturated heterocycles. The lowest BCUT2D eigenvalue weighted by atomic mass is 9.80. The maximum Gasteiger partial charge on any atom is 0.249 e. The second-order valence-electron chi connectivity index (χ2n) is 10.6. The standard InChI is InChI=1S/C28H31F2N3O3/c29-28(30)14-21(15-28)27(34)33(12-3-1-2-7-25-32-23(17-35-25)18-8-9-18)22-6-4-5-20(13-22)24-16-31-26(36-24)19-10-11-19/h4-6,13,16-19,21H,1-3,7-12,14-15H2. The number of hydrogen-bond donors (Lipinski definition) is 0. The van der Waals surface area contributed by atoms with E-state index in [0.29, 0.717) is 29.8 Å². The van der Waals surface area contributed by atoms with Crippen LogP contribution in [0.15, 0.2) is 45.6 Å². The van der Waals surface area contributed by atoms with Crippen LogP contribution in [0.5, 0.6) is 0 Å². The maximum atomic E-state index is 13.5. The van der Waals surface area contributed by atoms with E-state index in [-0.39, 0.29) is 18.7 Å². The van der Waals surface area contributed by atoms with Gasteiger partial charge in [0.1, 0.15) is 6.26 Å². The van der Waals surface area contributed by atoms with Crippen LogP contribution in [0.3, 0.4) is 0 Å². The third kappa shape index (κ3) is 5.22. The summed E-state index contributed by atoms with van der Waals surface area (Å²) in [6.45, 7) is 0.479. The number of nitrogens with zero attached hydrogens (tertiary/aromatic N) is 3. The molecule has 3 aromatic rings. The lowest BCUT2D eigenvalue weighted by molar-refractivity contribution is -0.147. The molecule has 0 atom stereocenters. The molecular formula is C28H31F2N3O3. The molecule has 0 N–H and O–H groups in total. The first kappa shape index (κ1) is 23.4. The van der Waals surface area contributed by atoms with Crippen LogP contribution in [0.4, 0.5) is 14.5 Å². The maximum absolute atomic E-state index is 13.5. The Kier molecular flexibility index (Phi) is 6.13. The summed E-state index contributed by atoms with van der Waals surface area (Å²) in [4.78, 5) is 23.9. The molecule has 2 heterocycles. The minimum Gasteiger partial charge on any atom is -0.449 e. The molecule has 3 saturated carbocycles. The highest BCUT2D eigenvalue weighted by Crippen LogP contribution is 2.44. The smallest absolute Gasteiger partial charge is 0.249 e. The Bertz CT molecular complexity index is 1220. The molecule has 0 radical (unpaired) electrons. The highest BCUT2D eigenvalue weighted by atomic mass is 19.3. The summed E-state index contributed by atoms with van der Waals surface area (Å²) >= 11 is 0. The van der Waals surface area contributed by atoms with Gasteiger partial charge < -0.3 is 13.7 Å². The van der Waals surface area contributed by atoms with E-state index in [1.807, 2.05) is 24.3 Å². The molecule has 1 aromatic carbocycles. The van der Waals surface area contributed by atoms with Gasteiger partial charge in [0, 0.05) is 54.8 Å². The molecule has 190 valence electrons. The Hall–Kier alpha value is -3.03. The minimum atomic E-state index is -2.73. The summed E-state index contributed by atoms with van der Waals surface area (Å²) in [5.41, 5.74) is 2.60. The first-order valence-electron chi connectivity index (χ1n) is 13.1. The number of alkyl halides is 2. The molecule has 0 unspecified atom stereocenters. The molecule has 6 rings (SSSR count). The van der Waals surface area contributed by atoms with Crippen LogP contribution in [0.1, 0.15) is 87.1 Å². The lowest BCUT2D eigenvalue weighted by Gasteiger charge is -2.37. The molecule has 0 spiro atoms. The van der Waals surface area contributed by atoms with Crippen molar-refractivity contribution in [2.45, 2.75) is 82.0 Å². The number of hydrogen-bond acceptors (Lipinski definition) is 5. The van der Waals surface area contributed by atoms with Crippen molar-refractivity contribution in [3.8, 4) is 11.3 Å². The normalized spacial score (nSPS) is 19.3. The van der Waals surface area contributed by atoms with E-state index >= 15 is 0 Å². The van der Waals surface area contributed by atoms with Crippen molar-refractivity contribution in [3.05, 3.63) is 54.2 Å². The summed E-state index contributed by atoms with van der Waals surface area (Å²) in [7, 11) is 0. The van der Waals surface area contributed by atoms with Crippen LogP contribution >= 0.6 is 0 Å². The number of carbonyl (C=O) groups is 1. The Morgan fingerprint density at radius 3 is 2.64 bits per heavy atom. The number of amides is 1. The van der Waals surface area contributed by atoms with E-state index in [9.17, 15) is 13.6 Å². The third-order valence-electron chi connectivity index (χ3n) is 7.44. The van der Waals surface area contributed by atoms with Crippen LogP contribution < -0.4 is 4.90 Å². The second kappa shape index (κ2) is 9.45. The molecule has 3 aliphatic carbocycles. The number of halogens is 2. The molecule has 3 aliphatic rings. The number of aryl methyl sites for hydroxylation is 1. The van der Waals surface area contributed by atoms with Crippen molar-refractivity contribution in [2.75, 3.05) is 11.4 Å². The SMILES string of the molecule is O=C(C1CC(F)(F)C1)N(CCCCCc1nc(C2CC2)co1)c1cccc(-c2cnc(C3CC3)o2)c1. The number of anilines is 1. The second-order valence-corrected chi connectivity index (χ2v) is 10.6. The zero-order valence-corrected chi connectivity index (χ0v) is 20.3. The van der Waals surface area contributed by atoms with Crippen LogP contribution in [0, 0.1) is 5.92 Å². The monoisotopic (exact) mass is 495 g/mol. The zero-order valence-electron chi connectivity index (χ0n) is 20.3. The molecule has 3 fully saturated rings. The fourth-order valence-corrected chi connectivity index (χ4v) is 4.92. The molecule has 0 bridgehead atoms. The zero-order chi connectivity index (χ0) is 24.7. The van der Waals surface area contributed by atoms with Crippen molar-refractivity contribution >= 4 is 11.6 Å². The fourth-order valence-electron chi connectivity index (χ4n) is 4.92. The van der Waals surface area contributed by atoms with E-state index < -0.39 is 11.8 Å². The number of carbonyl (C=O) groups excluding carboxylic acids is 1. The number of rotatable bonds is 11. The van der Waals surface area contributed by atoms with Crippen molar-refractivity contribution < 1.29 is 22.4 Å². The largest absolute Gasteiger partial charge is 0.449 e. The Labute approximate surface area is 209 Å². The van der Waals surface area contributed by atoms with Gasteiger partial charge in [-0.25, -0.2) is 18.7 Å². The van der Waals surface area contributed by atoms with Crippen LogP contribution in [-0.4, -0.2) is 28.3 Å². The highest BCUT2D eigenvalue weighted by molar-refractivity contribution is 5.96. The number of benzene rings is 1. The van der Waals surface area contributed by atoms with Crippen LogP contribution in [0.25, 0.3) is 11.3 Å². The average molecular weight is 496 g/mol. The van der Waals surface area contributed by atoms with E-state index in [1.165, 1.54) is 12.8 Å². The quantitative estimate of drug-likeness (QED) is 0.271. The van der Waals surface area contributed by atoms with Gasteiger partial charge >= 0.3 is 0 Å². The van der Waals surface area contributed by atoms with Crippen molar-refractivity contribution in [1.82, 2.24) is 9.97 Å². The van der Waals surface area contributed by atoms with Gasteiger partial charge in [-0.2, -0.15) is 0 Å². The summed E-state index contributed by atoms with van der Waals surface area (Å²) in [5.74, 6) is -0.409. The number of aromatic nitrogens is 2. The molecule has 1 amide bonds. The van der Waals surface area contributed by atoms with Gasteiger partial charge in [-0.05, 0) is 50.7 Å². The van der Waals surface area contributed by atoms with Crippen molar-refractivity contribution in [1.29, 1.82) is 0 Å². The van der Waals surface area contributed by atoms with E-state index in [0.717, 1.165) is 61.6 Å². The molecular weight excluding hydrogens is 464 g/mol. The van der Waals surface area contributed by atoms with Crippen LogP contribution in [0.2, 0.25) is 0 Å². The minimum absolute atomic E-state index is 0.226. The fraction of sp³-hybridized carbons (Fsp3) is 0.536. The Morgan fingerprint density at radius 1 is 1.08 bits per heavy atom. The molecule has 6 nitrogen and oxygen atoms in total.